The molecule has 1 aliphatic heterocycles. The monoisotopic (exact) mass is 305 g/mol. The van der Waals surface area contributed by atoms with Crippen molar-refractivity contribution in [2.24, 2.45) is 0 Å². The zero-order valence-electron chi connectivity index (χ0n) is 13.4. The molecule has 1 aromatic rings. The summed E-state index contributed by atoms with van der Waals surface area (Å²) in [7, 11) is 0. The van der Waals surface area contributed by atoms with Crippen LogP contribution >= 0.6 is 0 Å². The minimum absolute atomic E-state index is 0.283. The summed E-state index contributed by atoms with van der Waals surface area (Å²) in [5.41, 5.74) is 0.00183. The SMILES string of the molecule is CC(C)(C)OC(=O)N1CCCC(OC(=O)c2ccccc2)C1. The van der Waals surface area contributed by atoms with E-state index in [0.29, 0.717) is 18.7 Å². The second-order valence-corrected chi connectivity index (χ2v) is 6.46. The van der Waals surface area contributed by atoms with Gasteiger partial charge in [-0.1, -0.05) is 18.2 Å². The molecule has 0 aromatic heterocycles. The fraction of sp³-hybridized carbons (Fsp3) is 0.529. The number of rotatable bonds is 2. The number of benzene rings is 1. The van der Waals surface area contributed by atoms with Gasteiger partial charge in [0.2, 0.25) is 0 Å². The standard InChI is InChI=1S/C17H23NO4/c1-17(2,3)22-16(20)18-11-7-10-14(12-18)21-15(19)13-8-5-4-6-9-13/h4-6,8-9,14H,7,10-12H2,1-3H3. The topological polar surface area (TPSA) is 55.8 Å². The van der Waals surface area contributed by atoms with Gasteiger partial charge in [0.15, 0.2) is 0 Å². The summed E-state index contributed by atoms with van der Waals surface area (Å²) in [5.74, 6) is -0.350. The predicted molar refractivity (Wildman–Crippen MR) is 82.7 cm³/mol. The average molecular weight is 305 g/mol. The van der Waals surface area contributed by atoms with Crippen LogP contribution in [0.5, 0.6) is 0 Å². The third-order valence-corrected chi connectivity index (χ3v) is 3.31. The number of piperidine rings is 1. The van der Waals surface area contributed by atoms with Crippen LogP contribution in [-0.2, 0) is 9.47 Å². The van der Waals surface area contributed by atoms with Crippen LogP contribution in [0.25, 0.3) is 0 Å². The minimum atomic E-state index is -0.523. The van der Waals surface area contributed by atoms with Crippen LogP contribution < -0.4 is 0 Å². The maximum absolute atomic E-state index is 12.1. The minimum Gasteiger partial charge on any atom is -0.457 e. The Labute approximate surface area is 131 Å². The van der Waals surface area contributed by atoms with E-state index in [2.05, 4.69) is 0 Å². The number of amides is 1. The summed E-state index contributed by atoms with van der Waals surface area (Å²) >= 11 is 0. The first-order valence-corrected chi connectivity index (χ1v) is 7.59. The molecule has 0 N–H and O–H groups in total. The highest BCUT2D eigenvalue weighted by atomic mass is 16.6. The van der Waals surface area contributed by atoms with E-state index in [1.807, 2.05) is 26.8 Å². The van der Waals surface area contributed by atoms with Gasteiger partial charge in [0, 0.05) is 6.54 Å². The van der Waals surface area contributed by atoms with Gasteiger partial charge in [0.1, 0.15) is 11.7 Å². The molecule has 5 heteroatoms. The summed E-state index contributed by atoms with van der Waals surface area (Å²) in [5, 5.41) is 0. The zero-order chi connectivity index (χ0) is 16.2. The maximum atomic E-state index is 12.1. The van der Waals surface area contributed by atoms with Crippen molar-refractivity contribution in [3.8, 4) is 0 Å². The van der Waals surface area contributed by atoms with Crippen LogP contribution in [0.15, 0.2) is 30.3 Å². The zero-order valence-corrected chi connectivity index (χ0v) is 13.4. The molecule has 1 saturated heterocycles. The van der Waals surface area contributed by atoms with Gasteiger partial charge >= 0.3 is 12.1 Å². The van der Waals surface area contributed by atoms with E-state index in [4.69, 9.17) is 9.47 Å². The van der Waals surface area contributed by atoms with Crippen molar-refractivity contribution in [3.63, 3.8) is 0 Å². The molecular formula is C17H23NO4. The largest absolute Gasteiger partial charge is 0.457 e. The second kappa shape index (κ2) is 6.81. The molecule has 1 atom stereocenters. The molecular weight excluding hydrogens is 282 g/mol. The van der Waals surface area contributed by atoms with Crippen LogP contribution in [0.1, 0.15) is 44.0 Å². The predicted octanol–water partition coefficient (Wildman–Crippen LogP) is 3.24. The Kier molecular flexibility index (Phi) is 5.06. The van der Waals surface area contributed by atoms with Crippen LogP contribution in [0, 0.1) is 0 Å². The molecule has 120 valence electrons. The number of hydrogen-bond donors (Lipinski definition) is 0. The van der Waals surface area contributed by atoms with Gasteiger partial charge in [-0.2, -0.15) is 0 Å². The third-order valence-electron chi connectivity index (χ3n) is 3.31. The molecule has 0 bridgehead atoms. The number of likely N-dealkylation sites (tertiary alicyclic amines) is 1. The number of ether oxygens (including phenoxy) is 2. The van der Waals surface area contributed by atoms with E-state index < -0.39 is 5.60 Å². The molecule has 1 aromatic carbocycles. The molecule has 1 fully saturated rings. The van der Waals surface area contributed by atoms with E-state index in [1.165, 1.54) is 0 Å². The molecule has 5 nitrogen and oxygen atoms in total. The lowest BCUT2D eigenvalue weighted by Gasteiger charge is -2.33. The molecule has 2 rings (SSSR count). The van der Waals surface area contributed by atoms with E-state index >= 15 is 0 Å². The lowest BCUT2D eigenvalue weighted by Crippen LogP contribution is -2.45. The Morgan fingerprint density at radius 3 is 2.50 bits per heavy atom. The van der Waals surface area contributed by atoms with Crippen molar-refractivity contribution in [3.05, 3.63) is 35.9 Å². The Morgan fingerprint density at radius 1 is 1.18 bits per heavy atom. The maximum Gasteiger partial charge on any atom is 0.410 e. The number of nitrogens with zero attached hydrogens (tertiary/aromatic N) is 1. The molecule has 0 radical (unpaired) electrons. The molecule has 22 heavy (non-hydrogen) atoms. The van der Waals surface area contributed by atoms with Gasteiger partial charge in [-0.3, -0.25) is 0 Å². The summed E-state index contributed by atoms with van der Waals surface area (Å²) in [6.07, 6.45) is 0.922. The molecule has 0 aliphatic carbocycles. The summed E-state index contributed by atoms with van der Waals surface area (Å²) in [6, 6.07) is 8.88. The van der Waals surface area contributed by atoms with E-state index in [9.17, 15) is 9.59 Å². The van der Waals surface area contributed by atoms with Crippen molar-refractivity contribution in [1.29, 1.82) is 0 Å². The van der Waals surface area contributed by atoms with Crippen molar-refractivity contribution in [2.75, 3.05) is 13.1 Å². The Balaban J connectivity index is 1.91. The van der Waals surface area contributed by atoms with Crippen molar-refractivity contribution >= 4 is 12.1 Å². The highest BCUT2D eigenvalue weighted by Gasteiger charge is 2.29. The van der Waals surface area contributed by atoms with Gasteiger partial charge in [0.25, 0.3) is 0 Å². The summed E-state index contributed by atoms with van der Waals surface area (Å²) in [6.45, 7) is 6.52. The smallest absolute Gasteiger partial charge is 0.410 e. The highest BCUT2D eigenvalue weighted by Crippen LogP contribution is 2.18. The van der Waals surface area contributed by atoms with E-state index in [0.717, 1.165) is 12.8 Å². The normalized spacial score (nSPS) is 18.7. The van der Waals surface area contributed by atoms with Crippen molar-refractivity contribution in [2.45, 2.75) is 45.3 Å². The second-order valence-electron chi connectivity index (χ2n) is 6.46. The quantitative estimate of drug-likeness (QED) is 0.787. The molecule has 1 aliphatic rings. The van der Waals surface area contributed by atoms with E-state index in [-0.39, 0.29) is 18.2 Å². The first-order valence-electron chi connectivity index (χ1n) is 7.59. The molecule has 1 heterocycles. The lowest BCUT2D eigenvalue weighted by atomic mass is 10.1. The molecule has 0 saturated carbocycles. The fourth-order valence-electron chi connectivity index (χ4n) is 2.32. The highest BCUT2D eigenvalue weighted by molar-refractivity contribution is 5.89. The lowest BCUT2D eigenvalue weighted by molar-refractivity contribution is -0.0115. The molecule has 0 spiro atoms. The van der Waals surface area contributed by atoms with Crippen LogP contribution in [-0.4, -0.2) is 41.8 Å². The first-order chi connectivity index (χ1) is 10.3. The Hall–Kier alpha value is -2.04. The van der Waals surface area contributed by atoms with Crippen molar-refractivity contribution < 1.29 is 19.1 Å². The van der Waals surface area contributed by atoms with Gasteiger partial charge in [-0.05, 0) is 45.7 Å². The van der Waals surface area contributed by atoms with E-state index in [1.54, 1.807) is 29.2 Å². The van der Waals surface area contributed by atoms with Crippen LogP contribution in [0.3, 0.4) is 0 Å². The van der Waals surface area contributed by atoms with Crippen molar-refractivity contribution in [1.82, 2.24) is 4.90 Å². The van der Waals surface area contributed by atoms with Gasteiger partial charge in [-0.15, -0.1) is 0 Å². The summed E-state index contributed by atoms with van der Waals surface area (Å²) < 4.78 is 10.9. The number of hydrogen-bond acceptors (Lipinski definition) is 4. The van der Waals surface area contributed by atoms with Crippen LogP contribution in [0.2, 0.25) is 0 Å². The Bertz CT molecular complexity index is 521. The third kappa shape index (κ3) is 4.76. The van der Waals surface area contributed by atoms with Gasteiger partial charge < -0.3 is 14.4 Å². The Morgan fingerprint density at radius 2 is 1.86 bits per heavy atom. The number of esters is 1. The van der Waals surface area contributed by atoms with Crippen LogP contribution in [0.4, 0.5) is 4.79 Å². The number of carbonyl (C=O) groups excluding carboxylic acids is 2. The first kappa shape index (κ1) is 16.3. The average Bonchev–Trinajstić information content (AvgIpc) is 2.46. The summed E-state index contributed by atoms with van der Waals surface area (Å²) in [4.78, 5) is 25.7. The molecule has 1 amide bonds. The van der Waals surface area contributed by atoms with Gasteiger partial charge in [0.05, 0.1) is 12.1 Å². The molecule has 1 unspecified atom stereocenters. The number of carbonyl (C=O) groups is 2. The fourth-order valence-corrected chi connectivity index (χ4v) is 2.32. The van der Waals surface area contributed by atoms with Gasteiger partial charge in [-0.25, -0.2) is 9.59 Å².